The third-order valence-electron chi connectivity index (χ3n) is 2.85. The average Bonchev–Trinajstić information content (AvgIpc) is 2.55. The molecule has 4 rings (SSSR count). The molecule has 0 fully saturated rings. The number of aromatic nitrogens is 3. The second kappa shape index (κ2) is 5.89. The van der Waals surface area contributed by atoms with Gasteiger partial charge in [0.1, 0.15) is 0 Å². The van der Waals surface area contributed by atoms with Crippen molar-refractivity contribution in [1.29, 1.82) is 0 Å². The fourth-order valence-corrected chi connectivity index (χ4v) is 1.92. The molecule has 0 aliphatic carbocycles. The molecule has 0 saturated carbocycles. The molecule has 0 aliphatic heterocycles. The van der Waals surface area contributed by atoms with Crippen molar-refractivity contribution in [3.8, 4) is 0 Å². The lowest BCUT2D eigenvalue weighted by atomic mass is 10.2. The van der Waals surface area contributed by atoms with Crippen LogP contribution in [0.15, 0.2) is 79.3 Å². The van der Waals surface area contributed by atoms with Crippen LogP contribution < -0.4 is 0 Å². The van der Waals surface area contributed by atoms with Crippen molar-refractivity contribution in [2.75, 3.05) is 0 Å². The molecular weight excluding hydrogens is 246 g/mol. The molecule has 0 amide bonds. The third kappa shape index (κ3) is 2.78. The molecular formula is C17H13N3. The second-order valence-electron chi connectivity index (χ2n) is 4.25. The highest BCUT2D eigenvalue weighted by Crippen LogP contribution is 2.16. The number of nitrogens with zero attached hydrogens (tertiary/aromatic N) is 3. The summed E-state index contributed by atoms with van der Waals surface area (Å²) in [6.45, 7) is 0. The summed E-state index contributed by atoms with van der Waals surface area (Å²) in [5, 5.41) is 1.14. The van der Waals surface area contributed by atoms with Gasteiger partial charge in [0.15, 0.2) is 0 Å². The fraction of sp³-hybridized carbons (Fsp3) is 0. The Morgan fingerprint density at radius 1 is 0.600 bits per heavy atom. The van der Waals surface area contributed by atoms with Crippen LogP contribution in [0.2, 0.25) is 0 Å². The number of benzene rings is 1. The van der Waals surface area contributed by atoms with Gasteiger partial charge in [0.2, 0.25) is 0 Å². The van der Waals surface area contributed by atoms with Gasteiger partial charge in [-0.2, -0.15) is 0 Å². The summed E-state index contributed by atoms with van der Waals surface area (Å²) in [5.41, 5.74) is 2.92. The summed E-state index contributed by atoms with van der Waals surface area (Å²) in [6.07, 6.45) is 5.29. The molecule has 0 N–H and O–H groups in total. The molecule has 0 atom stereocenters. The van der Waals surface area contributed by atoms with E-state index < -0.39 is 0 Å². The maximum atomic E-state index is 4.52. The zero-order valence-electron chi connectivity index (χ0n) is 10.8. The number of para-hydroxylation sites is 1. The molecule has 3 nitrogen and oxygen atoms in total. The van der Waals surface area contributed by atoms with Crippen molar-refractivity contribution in [3.63, 3.8) is 0 Å². The van der Waals surface area contributed by atoms with Crippen LogP contribution in [0.5, 0.6) is 0 Å². The summed E-state index contributed by atoms with van der Waals surface area (Å²) in [4.78, 5) is 12.6. The molecule has 3 aromatic heterocycles. The minimum absolute atomic E-state index is 0.950. The Bertz CT molecular complexity index is 682. The molecule has 0 radical (unpaired) electrons. The summed E-state index contributed by atoms with van der Waals surface area (Å²) < 4.78 is 0. The van der Waals surface area contributed by atoms with Gasteiger partial charge in [-0.05, 0) is 36.4 Å². The van der Waals surface area contributed by atoms with E-state index in [1.807, 2.05) is 48.5 Å². The van der Waals surface area contributed by atoms with Gasteiger partial charge < -0.3 is 0 Å². The molecule has 0 aliphatic rings. The quantitative estimate of drug-likeness (QED) is 0.450. The van der Waals surface area contributed by atoms with Gasteiger partial charge in [-0.1, -0.05) is 24.3 Å². The Hall–Kier alpha value is -2.81. The van der Waals surface area contributed by atoms with E-state index >= 15 is 0 Å². The van der Waals surface area contributed by atoms with Crippen molar-refractivity contribution in [3.05, 3.63) is 79.3 Å². The van der Waals surface area contributed by atoms with Crippen LogP contribution >= 0.6 is 0 Å². The lowest BCUT2D eigenvalue weighted by Gasteiger charge is -1.99. The van der Waals surface area contributed by atoms with E-state index in [0.717, 1.165) is 21.9 Å². The van der Waals surface area contributed by atoms with Crippen LogP contribution in [0.25, 0.3) is 21.9 Å². The molecule has 0 spiro atoms. The highest BCUT2D eigenvalue weighted by molar-refractivity contribution is 5.90. The summed E-state index contributed by atoms with van der Waals surface area (Å²) >= 11 is 0. The van der Waals surface area contributed by atoms with Gasteiger partial charge >= 0.3 is 0 Å². The van der Waals surface area contributed by atoms with E-state index in [0.29, 0.717) is 0 Å². The van der Waals surface area contributed by atoms with Crippen LogP contribution in [0.1, 0.15) is 0 Å². The van der Waals surface area contributed by atoms with E-state index in [1.165, 1.54) is 0 Å². The van der Waals surface area contributed by atoms with Gasteiger partial charge in [-0.15, -0.1) is 0 Å². The number of hydrogen-bond donors (Lipinski definition) is 0. The third-order valence-corrected chi connectivity index (χ3v) is 2.85. The highest BCUT2D eigenvalue weighted by atomic mass is 14.7. The van der Waals surface area contributed by atoms with E-state index in [9.17, 15) is 0 Å². The molecule has 96 valence electrons. The average molecular weight is 259 g/mol. The molecule has 0 bridgehead atoms. The first-order chi connectivity index (χ1) is 9.93. The van der Waals surface area contributed by atoms with Gasteiger partial charge in [0.05, 0.1) is 16.6 Å². The van der Waals surface area contributed by atoms with Crippen LogP contribution in [0.3, 0.4) is 0 Å². The molecule has 20 heavy (non-hydrogen) atoms. The maximum Gasteiger partial charge on any atom is 0.0894 e. The summed E-state index contributed by atoms with van der Waals surface area (Å²) in [5.74, 6) is 0. The summed E-state index contributed by atoms with van der Waals surface area (Å²) in [7, 11) is 0. The van der Waals surface area contributed by atoms with Gasteiger partial charge in [0.25, 0.3) is 0 Å². The monoisotopic (exact) mass is 259 g/mol. The van der Waals surface area contributed by atoms with Crippen LogP contribution in [-0.2, 0) is 0 Å². The Morgan fingerprint density at radius 2 is 1.40 bits per heavy atom. The minimum atomic E-state index is 0.950. The molecule has 0 saturated heterocycles. The molecule has 0 unspecified atom stereocenters. The number of hydrogen-bond acceptors (Lipinski definition) is 3. The van der Waals surface area contributed by atoms with Crippen molar-refractivity contribution < 1.29 is 0 Å². The largest absolute Gasteiger partial charge is 0.265 e. The Balaban J connectivity index is 0.000000170. The smallest absolute Gasteiger partial charge is 0.0894 e. The number of fused-ring (bicyclic) bond motifs is 2. The first-order valence-electron chi connectivity index (χ1n) is 6.39. The molecule has 3 heteroatoms. The predicted molar refractivity (Wildman–Crippen MR) is 81.3 cm³/mol. The lowest BCUT2D eigenvalue weighted by molar-refractivity contribution is 1.33. The predicted octanol–water partition coefficient (Wildman–Crippen LogP) is 3.86. The Kier molecular flexibility index (Phi) is 3.60. The van der Waals surface area contributed by atoms with Crippen molar-refractivity contribution in [1.82, 2.24) is 15.0 Å². The first-order valence-corrected chi connectivity index (χ1v) is 6.39. The molecule has 4 aromatic rings. The Labute approximate surface area is 117 Å². The molecule has 1 aromatic carbocycles. The van der Waals surface area contributed by atoms with Crippen LogP contribution in [-0.4, -0.2) is 15.0 Å². The van der Waals surface area contributed by atoms with Crippen molar-refractivity contribution in [2.24, 2.45) is 0 Å². The lowest BCUT2D eigenvalue weighted by Crippen LogP contribution is -1.83. The van der Waals surface area contributed by atoms with Gasteiger partial charge in [-0.25, -0.2) is 4.98 Å². The van der Waals surface area contributed by atoms with Gasteiger partial charge in [0, 0.05) is 24.0 Å². The van der Waals surface area contributed by atoms with Crippen LogP contribution in [0, 0.1) is 0 Å². The Morgan fingerprint density at radius 3 is 2.15 bits per heavy atom. The summed E-state index contributed by atoms with van der Waals surface area (Å²) in [6, 6.07) is 19.7. The molecule has 3 heterocycles. The van der Waals surface area contributed by atoms with E-state index in [2.05, 4.69) is 27.1 Å². The minimum Gasteiger partial charge on any atom is -0.265 e. The van der Waals surface area contributed by atoms with Crippen LogP contribution in [0.4, 0.5) is 0 Å². The highest BCUT2D eigenvalue weighted by Gasteiger charge is 1.97. The number of pyridine rings is 3. The topological polar surface area (TPSA) is 38.7 Å². The van der Waals surface area contributed by atoms with Crippen molar-refractivity contribution in [2.45, 2.75) is 0 Å². The zero-order valence-corrected chi connectivity index (χ0v) is 10.8. The van der Waals surface area contributed by atoms with E-state index in [-0.39, 0.29) is 0 Å². The SMILES string of the molecule is c1ccc2nc3cccnc3cc2c1.c1ccncc1. The normalized spacial score (nSPS) is 10.0. The van der Waals surface area contributed by atoms with Gasteiger partial charge in [-0.3, -0.25) is 9.97 Å². The second-order valence-corrected chi connectivity index (χ2v) is 4.25. The maximum absolute atomic E-state index is 4.52. The standard InChI is InChI=1S/C12H8N2.C5H5N/c1-2-5-10-9(4-1)8-12-11(14-10)6-3-7-13-12;1-2-4-6-5-3-1/h1-8H;1-5H. The first kappa shape index (κ1) is 12.2. The number of rotatable bonds is 0. The van der Waals surface area contributed by atoms with Crippen molar-refractivity contribution >= 4 is 21.9 Å². The van der Waals surface area contributed by atoms with E-state index in [1.54, 1.807) is 18.6 Å². The van der Waals surface area contributed by atoms with E-state index in [4.69, 9.17) is 0 Å². The zero-order chi connectivity index (χ0) is 13.6. The fourth-order valence-electron chi connectivity index (χ4n) is 1.92.